The first-order chi connectivity index (χ1) is 9.82. The van der Waals surface area contributed by atoms with Gasteiger partial charge in [0.2, 0.25) is 10.0 Å². The summed E-state index contributed by atoms with van der Waals surface area (Å²) >= 11 is 0. The van der Waals surface area contributed by atoms with Gasteiger partial charge in [0, 0.05) is 13.1 Å². The molecule has 0 saturated heterocycles. The smallest absolute Gasteiger partial charge is 0.243 e. The van der Waals surface area contributed by atoms with Crippen LogP contribution in [-0.2, 0) is 10.0 Å². The van der Waals surface area contributed by atoms with Gasteiger partial charge in [-0.1, -0.05) is 12.1 Å². The molecule has 0 heterocycles. The number of aromatic hydroxyl groups is 1. The Morgan fingerprint density at radius 1 is 1.05 bits per heavy atom. The maximum absolute atomic E-state index is 12.9. The number of phenols is 1. The van der Waals surface area contributed by atoms with Crippen LogP contribution in [0.2, 0.25) is 0 Å². The van der Waals surface area contributed by atoms with Crippen LogP contribution in [0.4, 0.5) is 4.39 Å². The SMILES string of the molecule is CC(c1ccc(O)cc1)N(C)S(=O)(=O)c1ccc(F)cc1. The second-order valence-electron chi connectivity index (χ2n) is 4.74. The van der Waals surface area contributed by atoms with Crippen molar-refractivity contribution < 1.29 is 17.9 Å². The van der Waals surface area contributed by atoms with Crippen molar-refractivity contribution in [2.24, 2.45) is 0 Å². The molecule has 2 aromatic rings. The number of hydrogen-bond acceptors (Lipinski definition) is 3. The minimum absolute atomic E-state index is 0.0389. The van der Waals surface area contributed by atoms with Crippen LogP contribution in [0.5, 0.6) is 5.75 Å². The van der Waals surface area contributed by atoms with Crippen molar-refractivity contribution in [2.75, 3.05) is 7.05 Å². The summed E-state index contributed by atoms with van der Waals surface area (Å²) in [4.78, 5) is 0.0389. The van der Waals surface area contributed by atoms with Crippen LogP contribution >= 0.6 is 0 Å². The third kappa shape index (κ3) is 3.22. The highest BCUT2D eigenvalue weighted by Gasteiger charge is 2.26. The third-order valence-electron chi connectivity index (χ3n) is 3.41. The first-order valence-corrected chi connectivity index (χ1v) is 7.79. The summed E-state index contributed by atoms with van der Waals surface area (Å²) in [6, 6.07) is 10.6. The van der Waals surface area contributed by atoms with Crippen molar-refractivity contribution in [3.8, 4) is 5.75 Å². The molecule has 1 N–H and O–H groups in total. The Hall–Kier alpha value is -1.92. The first-order valence-electron chi connectivity index (χ1n) is 6.35. The predicted octanol–water partition coefficient (Wildman–Crippen LogP) is 2.91. The minimum atomic E-state index is -3.71. The highest BCUT2D eigenvalue weighted by molar-refractivity contribution is 7.89. The summed E-state index contributed by atoms with van der Waals surface area (Å²) in [6.07, 6.45) is 0. The lowest BCUT2D eigenvalue weighted by Gasteiger charge is -2.24. The van der Waals surface area contributed by atoms with Crippen LogP contribution in [0, 0.1) is 5.82 Å². The number of phenolic OH excluding ortho intramolecular Hbond substituents is 1. The summed E-state index contributed by atoms with van der Waals surface area (Å²) in [6.45, 7) is 1.74. The van der Waals surface area contributed by atoms with Gasteiger partial charge in [0.15, 0.2) is 0 Å². The van der Waals surface area contributed by atoms with E-state index in [0.717, 1.165) is 17.7 Å². The highest BCUT2D eigenvalue weighted by Crippen LogP contribution is 2.26. The van der Waals surface area contributed by atoms with Gasteiger partial charge in [-0.3, -0.25) is 0 Å². The van der Waals surface area contributed by atoms with Crippen molar-refractivity contribution in [1.82, 2.24) is 4.31 Å². The highest BCUT2D eigenvalue weighted by atomic mass is 32.2. The molecule has 21 heavy (non-hydrogen) atoms. The molecule has 1 atom stereocenters. The quantitative estimate of drug-likeness (QED) is 0.944. The molecule has 2 rings (SSSR count). The Balaban J connectivity index is 2.31. The van der Waals surface area contributed by atoms with E-state index in [4.69, 9.17) is 0 Å². The lowest BCUT2D eigenvalue weighted by molar-refractivity contribution is 0.398. The van der Waals surface area contributed by atoms with E-state index in [1.54, 1.807) is 19.1 Å². The van der Waals surface area contributed by atoms with Gasteiger partial charge in [-0.15, -0.1) is 0 Å². The first kappa shape index (κ1) is 15.5. The van der Waals surface area contributed by atoms with E-state index >= 15 is 0 Å². The molecule has 0 bridgehead atoms. The maximum Gasteiger partial charge on any atom is 0.243 e. The second kappa shape index (κ2) is 5.83. The zero-order chi connectivity index (χ0) is 15.6. The van der Waals surface area contributed by atoms with Gasteiger partial charge in [0.25, 0.3) is 0 Å². The van der Waals surface area contributed by atoms with Crippen LogP contribution < -0.4 is 0 Å². The predicted molar refractivity (Wildman–Crippen MR) is 77.9 cm³/mol. The molecule has 0 aliphatic carbocycles. The molecule has 0 aliphatic rings. The van der Waals surface area contributed by atoms with Gasteiger partial charge in [-0.2, -0.15) is 4.31 Å². The van der Waals surface area contributed by atoms with E-state index in [2.05, 4.69) is 0 Å². The molecule has 6 heteroatoms. The second-order valence-corrected chi connectivity index (χ2v) is 6.74. The molecule has 0 amide bonds. The van der Waals surface area contributed by atoms with Crippen LogP contribution in [0.1, 0.15) is 18.5 Å². The van der Waals surface area contributed by atoms with Crippen molar-refractivity contribution in [3.63, 3.8) is 0 Å². The van der Waals surface area contributed by atoms with Crippen LogP contribution in [-0.4, -0.2) is 24.9 Å². The van der Waals surface area contributed by atoms with E-state index in [1.807, 2.05) is 0 Å². The fourth-order valence-electron chi connectivity index (χ4n) is 1.94. The average molecular weight is 309 g/mol. The summed E-state index contributed by atoms with van der Waals surface area (Å²) in [5, 5.41) is 9.27. The summed E-state index contributed by atoms with van der Waals surface area (Å²) in [7, 11) is -2.24. The Bertz CT molecular complexity index is 712. The Morgan fingerprint density at radius 2 is 1.57 bits per heavy atom. The van der Waals surface area contributed by atoms with Crippen LogP contribution in [0.25, 0.3) is 0 Å². The molecule has 0 spiro atoms. The molecule has 0 radical (unpaired) electrons. The molecule has 4 nitrogen and oxygen atoms in total. The summed E-state index contributed by atoms with van der Waals surface area (Å²) in [5.41, 5.74) is 0.751. The fraction of sp³-hybridized carbons (Fsp3) is 0.200. The average Bonchev–Trinajstić information content (AvgIpc) is 2.47. The van der Waals surface area contributed by atoms with Gasteiger partial charge in [0.1, 0.15) is 11.6 Å². The number of nitrogens with zero attached hydrogens (tertiary/aromatic N) is 1. The molecular weight excluding hydrogens is 293 g/mol. The molecule has 0 aliphatic heterocycles. The van der Waals surface area contributed by atoms with Gasteiger partial charge in [-0.25, -0.2) is 12.8 Å². The molecular formula is C15H16FNO3S. The van der Waals surface area contributed by atoms with Crippen LogP contribution in [0.15, 0.2) is 53.4 Å². The standard InChI is InChI=1S/C15H16FNO3S/c1-11(12-3-7-14(18)8-4-12)17(2)21(19,20)15-9-5-13(16)6-10-15/h3-11,18H,1-2H3. The summed E-state index contributed by atoms with van der Waals surface area (Å²) in [5.74, 6) is -0.363. The van der Waals surface area contributed by atoms with E-state index < -0.39 is 21.9 Å². The van der Waals surface area contributed by atoms with Crippen molar-refractivity contribution in [3.05, 3.63) is 59.9 Å². The van der Waals surface area contributed by atoms with Crippen molar-refractivity contribution >= 4 is 10.0 Å². The van der Waals surface area contributed by atoms with E-state index in [1.165, 1.54) is 35.6 Å². The fourth-order valence-corrected chi connectivity index (χ4v) is 3.29. The zero-order valence-corrected chi connectivity index (χ0v) is 12.5. The number of benzene rings is 2. The Labute approximate surface area is 123 Å². The Kier molecular flexibility index (Phi) is 4.29. The monoisotopic (exact) mass is 309 g/mol. The topological polar surface area (TPSA) is 57.6 Å². The molecule has 0 aromatic heterocycles. The van der Waals surface area contributed by atoms with Gasteiger partial charge < -0.3 is 5.11 Å². The molecule has 0 saturated carbocycles. The van der Waals surface area contributed by atoms with Crippen molar-refractivity contribution in [2.45, 2.75) is 17.9 Å². The zero-order valence-electron chi connectivity index (χ0n) is 11.7. The molecule has 1 unspecified atom stereocenters. The van der Waals surface area contributed by atoms with Crippen LogP contribution in [0.3, 0.4) is 0 Å². The van der Waals surface area contributed by atoms with Gasteiger partial charge >= 0.3 is 0 Å². The van der Waals surface area contributed by atoms with Crippen molar-refractivity contribution in [1.29, 1.82) is 0 Å². The number of rotatable bonds is 4. The van der Waals surface area contributed by atoms with E-state index in [-0.39, 0.29) is 10.6 Å². The molecule has 0 fully saturated rings. The van der Waals surface area contributed by atoms with E-state index in [9.17, 15) is 17.9 Å². The lowest BCUT2D eigenvalue weighted by Crippen LogP contribution is -2.29. The van der Waals surface area contributed by atoms with Gasteiger partial charge in [-0.05, 0) is 48.9 Å². The number of hydrogen-bond donors (Lipinski definition) is 1. The normalized spacial score (nSPS) is 13.3. The Morgan fingerprint density at radius 3 is 2.10 bits per heavy atom. The number of sulfonamides is 1. The maximum atomic E-state index is 12.9. The lowest BCUT2D eigenvalue weighted by atomic mass is 10.1. The van der Waals surface area contributed by atoms with E-state index in [0.29, 0.717) is 0 Å². The molecule has 112 valence electrons. The van der Waals surface area contributed by atoms with Gasteiger partial charge in [0.05, 0.1) is 4.90 Å². The third-order valence-corrected chi connectivity index (χ3v) is 5.35. The summed E-state index contributed by atoms with van der Waals surface area (Å²) < 4.78 is 39.1. The number of halogens is 1. The largest absolute Gasteiger partial charge is 0.508 e. The molecule has 2 aromatic carbocycles. The minimum Gasteiger partial charge on any atom is -0.508 e.